The Kier molecular flexibility index (Phi) is 5.79. The van der Waals surface area contributed by atoms with Gasteiger partial charge in [-0.2, -0.15) is 0 Å². The number of hydrogen-bond acceptors (Lipinski definition) is 5. The Morgan fingerprint density at radius 1 is 1.06 bits per heavy atom. The number of hydrogen-bond donors (Lipinski definition) is 0. The topological polar surface area (TPSA) is 82.8 Å². The first-order chi connectivity index (χ1) is 15.0. The summed E-state index contributed by atoms with van der Waals surface area (Å²) in [6, 6.07) is 14.9. The second kappa shape index (κ2) is 8.67. The molecule has 0 aliphatic heterocycles. The summed E-state index contributed by atoms with van der Waals surface area (Å²) >= 11 is 0. The SMILES string of the molecule is COc1ccc(CN(C(=O)COC(=O)Cn2c(=O)n(C)c3ccccc32)C2CC2)cc1. The second-order valence-electron chi connectivity index (χ2n) is 7.68. The van der Waals surface area contributed by atoms with Crippen LogP contribution in [0.15, 0.2) is 53.3 Å². The van der Waals surface area contributed by atoms with Gasteiger partial charge in [-0.3, -0.25) is 18.7 Å². The number of imidazole rings is 1. The van der Waals surface area contributed by atoms with Gasteiger partial charge in [0.15, 0.2) is 6.61 Å². The van der Waals surface area contributed by atoms with Crippen LogP contribution in [0.4, 0.5) is 0 Å². The van der Waals surface area contributed by atoms with Crippen LogP contribution in [-0.4, -0.2) is 45.7 Å². The molecule has 1 fully saturated rings. The van der Waals surface area contributed by atoms with Crippen molar-refractivity contribution in [2.45, 2.75) is 32.0 Å². The summed E-state index contributed by atoms with van der Waals surface area (Å²) in [5.74, 6) is -0.102. The van der Waals surface area contributed by atoms with E-state index in [1.807, 2.05) is 36.4 Å². The molecule has 162 valence electrons. The first-order valence-electron chi connectivity index (χ1n) is 10.2. The second-order valence-corrected chi connectivity index (χ2v) is 7.68. The summed E-state index contributed by atoms with van der Waals surface area (Å²) in [4.78, 5) is 39.3. The van der Waals surface area contributed by atoms with Crippen molar-refractivity contribution < 1.29 is 19.1 Å². The highest BCUT2D eigenvalue weighted by Crippen LogP contribution is 2.29. The molecule has 2 aromatic carbocycles. The van der Waals surface area contributed by atoms with Crippen molar-refractivity contribution in [1.82, 2.24) is 14.0 Å². The standard InChI is InChI=1S/C23H25N3O5/c1-24-19-5-3-4-6-20(19)26(23(24)29)14-22(28)31-15-21(27)25(17-9-10-17)13-16-7-11-18(30-2)12-8-16/h3-8,11-12,17H,9-10,13-15H2,1-2H3. The molecule has 0 saturated heterocycles. The van der Waals surface area contributed by atoms with E-state index in [1.165, 1.54) is 9.13 Å². The van der Waals surface area contributed by atoms with Crippen LogP contribution in [0.2, 0.25) is 0 Å². The highest BCUT2D eigenvalue weighted by atomic mass is 16.5. The molecule has 0 radical (unpaired) electrons. The summed E-state index contributed by atoms with van der Waals surface area (Å²) in [5.41, 5.74) is 2.06. The van der Waals surface area contributed by atoms with Crippen molar-refractivity contribution in [2.75, 3.05) is 13.7 Å². The Labute approximate surface area is 179 Å². The molecule has 0 bridgehead atoms. The number of methoxy groups -OCH3 is 1. The monoisotopic (exact) mass is 423 g/mol. The number of rotatable bonds is 8. The lowest BCUT2D eigenvalue weighted by atomic mass is 10.2. The molecule has 4 rings (SSSR count). The molecule has 0 spiro atoms. The number of nitrogens with zero attached hydrogens (tertiary/aromatic N) is 3. The van der Waals surface area contributed by atoms with Crippen LogP contribution in [0.5, 0.6) is 5.75 Å². The minimum absolute atomic E-state index is 0.175. The summed E-state index contributed by atoms with van der Waals surface area (Å²) in [6.45, 7) is -0.131. The number of ether oxygens (including phenoxy) is 2. The van der Waals surface area contributed by atoms with Crippen molar-refractivity contribution in [3.63, 3.8) is 0 Å². The highest BCUT2D eigenvalue weighted by molar-refractivity contribution is 5.82. The average molecular weight is 423 g/mol. The Morgan fingerprint density at radius 3 is 2.39 bits per heavy atom. The number of benzene rings is 2. The Bertz CT molecular complexity index is 1160. The molecule has 1 heterocycles. The van der Waals surface area contributed by atoms with Crippen LogP contribution in [0, 0.1) is 0 Å². The van der Waals surface area contributed by atoms with Crippen molar-refractivity contribution in [2.24, 2.45) is 7.05 Å². The quantitative estimate of drug-likeness (QED) is 0.518. The number of para-hydroxylation sites is 2. The lowest BCUT2D eigenvalue weighted by molar-refractivity contribution is -0.153. The van der Waals surface area contributed by atoms with Crippen molar-refractivity contribution in [1.29, 1.82) is 0 Å². The van der Waals surface area contributed by atoms with Gasteiger partial charge < -0.3 is 14.4 Å². The van der Waals surface area contributed by atoms with Gasteiger partial charge in [0.1, 0.15) is 12.3 Å². The van der Waals surface area contributed by atoms with Crippen molar-refractivity contribution in [3.8, 4) is 5.75 Å². The lowest BCUT2D eigenvalue weighted by Gasteiger charge is -2.22. The van der Waals surface area contributed by atoms with Gasteiger partial charge in [-0.25, -0.2) is 4.79 Å². The van der Waals surface area contributed by atoms with Crippen LogP contribution in [-0.2, 0) is 34.5 Å². The summed E-state index contributed by atoms with van der Waals surface area (Å²) in [5, 5.41) is 0. The van der Waals surface area contributed by atoms with Gasteiger partial charge in [0.25, 0.3) is 5.91 Å². The molecule has 1 aromatic heterocycles. The number of amides is 1. The molecule has 0 atom stereocenters. The van der Waals surface area contributed by atoms with Gasteiger partial charge in [0, 0.05) is 19.6 Å². The lowest BCUT2D eigenvalue weighted by Crippen LogP contribution is -2.36. The highest BCUT2D eigenvalue weighted by Gasteiger charge is 2.33. The smallest absolute Gasteiger partial charge is 0.329 e. The average Bonchev–Trinajstić information content (AvgIpc) is 3.61. The Morgan fingerprint density at radius 2 is 1.74 bits per heavy atom. The molecule has 1 saturated carbocycles. The largest absolute Gasteiger partial charge is 0.497 e. The number of esters is 1. The third-order valence-electron chi connectivity index (χ3n) is 5.52. The predicted octanol–water partition coefficient (Wildman–Crippen LogP) is 2.08. The van der Waals surface area contributed by atoms with Crippen LogP contribution >= 0.6 is 0 Å². The molecule has 8 nitrogen and oxygen atoms in total. The molecule has 3 aromatic rings. The van der Waals surface area contributed by atoms with E-state index in [1.54, 1.807) is 31.2 Å². The summed E-state index contributed by atoms with van der Waals surface area (Å²) in [7, 11) is 3.26. The van der Waals surface area contributed by atoms with E-state index in [-0.39, 0.29) is 30.8 Å². The van der Waals surface area contributed by atoms with Gasteiger partial charge >= 0.3 is 11.7 Å². The fraction of sp³-hybridized carbons (Fsp3) is 0.348. The number of carbonyl (C=O) groups excluding carboxylic acids is 2. The first kappa shape index (κ1) is 20.7. The van der Waals surface area contributed by atoms with E-state index in [0.717, 1.165) is 29.7 Å². The minimum Gasteiger partial charge on any atom is -0.497 e. The van der Waals surface area contributed by atoms with Crippen LogP contribution in [0.3, 0.4) is 0 Å². The number of carbonyl (C=O) groups is 2. The number of aromatic nitrogens is 2. The van der Waals surface area contributed by atoms with Gasteiger partial charge in [0.05, 0.1) is 18.1 Å². The number of aryl methyl sites for hydroxylation is 1. The molecule has 1 aliphatic carbocycles. The molecular weight excluding hydrogens is 398 g/mol. The van der Waals surface area contributed by atoms with Crippen LogP contribution < -0.4 is 10.4 Å². The Hall–Kier alpha value is -3.55. The zero-order valence-corrected chi connectivity index (χ0v) is 17.6. The van der Waals surface area contributed by atoms with Crippen molar-refractivity contribution >= 4 is 22.9 Å². The molecule has 1 aliphatic rings. The molecule has 8 heteroatoms. The van der Waals surface area contributed by atoms with Gasteiger partial charge in [-0.1, -0.05) is 24.3 Å². The molecule has 31 heavy (non-hydrogen) atoms. The fourth-order valence-electron chi connectivity index (χ4n) is 3.65. The van der Waals surface area contributed by atoms with E-state index in [0.29, 0.717) is 12.1 Å². The maximum atomic E-state index is 12.7. The molecular formula is C23H25N3O5. The number of fused-ring (bicyclic) bond motifs is 1. The van der Waals surface area contributed by atoms with E-state index in [9.17, 15) is 14.4 Å². The third-order valence-corrected chi connectivity index (χ3v) is 5.52. The molecule has 0 unspecified atom stereocenters. The fourth-order valence-corrected chi connectivity index (χ4v) is 3.65. The Balaban J connectivity index is 1.38. The van der Waals surface area contributed by atoms with E-state index < -0.39 is 5.97 Å². The zero-order valence-electron chi connectivity index (χ0n) is 17.6. The summed E-state index contributed by atoms with van der Waals surface area (Å²) in [6.07, 6.45) is 1.89. The zero-order chi connectivity index (χ0) is 22.0. The van der Waals surface area contributed by atoms with Crippen LogP contribution in [0.25, 0.3) is 11.0 Å². The van der Waals surface area contributed by atoms with Gasteiger partial charge in [-0.15, -0.1) is 0 Å². The van der Waals surface area contributed by atoms with E-state index in [4.69, 9.17) is 9.47 Å². The van der Waals surface area contributed by atoms with E-state index in [2.05, 4.69) is 0 Å². The van der Waals surface area contributed by atoms with E-state index >= 15 is 0 Å². The molecule has 0 N–H and O–H groups in total. The van der Waals surface area contributed by atoms with Crippen LogP contribution in [0.1, 0.15) is 18.4 Å². The normalized spacial score (nSPS) is 13.2. The van der Waals surface area contributed by atoms with Crippen molar-refractivity contribution in [3.05, 3.63) is 64.6 Å². The summed E-state index contributed by atoms with van der Waals surface area (Å²) < 4.78 is 13.2. The minimum atomic E-state index is -0.619. The van der Waals surface area contributed by atoms with Gasteiger partial charge in [-0.05, 0) is 42.7 Å². The molecule has 1 amide bonds. The maximum absolute atomic E-state index is 12.7. The predicted molar refractivity (Wildman–Crippen MR) is 115 cm³/mol. The van der Waals surface area contributed by atoms with Gasteiger partial charge in [0.2, 0.25) is 0 Å². The first-order valence-corrected chi connectivity index (χ1v) is 10.2. The third kappa shape index (κ3) is 4.47. The maximum Gasteiger partial charge on any atom is 0.329 e.